The number of carbonyl (C=O) groups excluding carboxylic acids is 1. The van der Waals surface area contributed by atoms with Gasteiger partial charge in [-0.05, 0) is 43.2 Å². The molecule has 0 unspecified atom stereocenters. The van der Waals surface area contributed by atoms with Crippen LogP contribution in [0.3, 0.4) is 0 Å². The van der Waals surface area contributed by atoms with Crippen molar-refractivity contribution in [2.75, 3.05) is 13.2 Å². The van der Waals surface area contributed by atoms with Gasteiger partial charge < -0.3 is 9.47 Å². The monoisotopic (exact) mass is 352 g/mol. The summed E-state index contributed by atoms with van der Waals surface area (Å²) in [5.74, 6) is 5.21. The lowest BCUT2D eigenvalue weighted by Gasteiger charge is -2.02. The molecule has 0 bridgehead atoms. The van der Waals surface area contributed by atoms with Gasteiger partial charge in [-0.15, -0.1) is 0 Å². The predicted octanol–water partition coefficient (Wildman–Crippen LogP) is 2.95. The number of aromatic nitrogens is 2. The average molecular weight is 352 g/mol. The number of hydrogen-bond donors (Lipinski definition) is 0. The molecule has 0 atom stereocenters. The molecule has 0 aliphatic heterocycles. The summed E-state index contributed by atoms with van der Waals surface area (Å²) in [6, 6.07) is 11.7. The fraction of sp³-hybridized carbons (Fsp3) is 0.200. The van der Waals surface area contributed by atoms with Crippen molar-refractivity contribution in [2.24, 2.45) is 0 Å². The summed E-state index contributed by atoms with van der Waals surface area (Å²) >= 11 is 0. The van der Waals surface area contributed by atoms with Gasteiger partial charge in [-0.1, -0.05) is 18.1 Å². The van der Waals surface area contributed by atoms with Gasteiger partial charge in [0, 0.05) is 11.8 Å². The van der Waals surface area contributed by atoms with Gasteiger partial charge in [0.15, 0.2) is 0 Å². The van der Waals surface area contributed by atoms with Gasteiger partial charge in [0.05, 0.1) is 13.2 Å². The van der Waals surface area contributed by atoms with Gasteiger partial charge in [-0.3, -0.25) is 4.40 Å². The summed E-state index contributed by atoms with van der Waals surface area (Å²) < 4.78 is 25.4. The number of pyridine rings is 1. The van der Waals surface area contributed by atoms with E-state index in [4.69, 9.17) is 9.47 Å². The van der Waals surface area contributed by atoms with Crippen molar-refractivity contribution in [3.05, 3.63) is 71.4 Å². The standard InChI is InChI=1S/C20H17FN2O3/c1-2-26-20(24)14-25-13-17-18(23-11-4-3-8-19(23)22-17)10-9-15-6-5-7-16(21)12-15/h3-8,11-12H,2,13-14H2,1H3. The van der Waals surface area contributed by atoms with Gasteiger partial charge in [-0.2, -0.15) is 0 Å². The molecule has 0 aliphatic rings. The van der Waals surface area contributed by atoms with Crippen LogP contribution in [0.4, 0.5) is 4.39 Å². The van der Waals surface area contributed by atoms with Crippen LogP contribution in [-0.2, 0) is 20.9 Å². The van der Waals surface area contributed by atoms with Gasteiger partial charge in [0.25, 0.3) is 0 Å². The van der Waals surface area contributed by atoms with Gasteiger partial charge >= 0.3 is 5.97 Å². The van der Waals surface area contributed by atoms with Crippen molar-refractivity contribution >= 4 is 11.6 Å². The van der Waals surface area contributed by atoms with Crippen LogP contribution in [0.5, 0.6) is 0 Å². The Labute approximate surface area is 150 Å². The van der Waals surface area contributed by atoms with E-state index >= 15 is 0 Å². The number of halogens is 1. The molecule has 0 spiro atoms. The smallest absolute Gasteiger partial charge is 0.332 e. The van der Waals surface area contributed by atoms with Gasteiger partial charge in [0.1, 0.15) is 29.5 Å². The number of benzene rings is 1. The second kappa shape index (κ2) is 8.28. The third-order valence-corrected chi connectivity index (χ3v) is 3.52. The zero-order valence-corrected chi connectivity index (χ0v) is 14.2. The highest BCUT2D eigenvalue weighted by Gasteiger charge is 2.11. The van der Waals surface area contributed by atoms with Crippen LogP contribution < -0.4 is 0 Å². The lowest BCUT2D eigenvalue weighted by molar-refractivity contribution is -0.148. The lowest BCUT2D eigenvalue weighted by Crippen LogP contribution is -2.12. The minimum Gasteiger partial charge on any atom is -0.464 e. The Bertz CT molecular complexity index is 985. The molecule has 0 fully saturated rings. The highest BCUT2D eigenvalue weighted by Crippen LogP contribution is 2.13. The first kappa shape index (κ1) is 17.6. The Hall–Kier alpha value is -3.17. The molecule has 2 aromatic heterocycles. The first-order valence-corrected chi connectivity index (χ1v) is 8.14. The van der Waals surface area contributed by atoms with E-state index in [1.54, 1.807) is 19.1 Å². The molecular formula is C20H17FN2O3. The molecule has 2 heterocycles. The van der Waals surface area contributed by atoms with Gasteiger partial charge in [-0.25, -0.2) is 14.2 Å². The van der Waals surface area contributed by atoms with Crippen LogP contribution in [0, 0.1) is 17.7 Å². The van der Waals surface area contributed by atoms with E-state index in [1.165, 1.54) is 12.1 Å². The molecule has 132 valence electrons. The van der Waals surface area contributed by atoms with Crippen molar-refractivity contribution in [1.82, 2.24) is 9.38 Å². The third-order valence-electron chi connectivity index (χ3n) is 3.52. The minimum atomic E-state index is -0.427. The largest absolute Gasteiger partial charge is 0.464 e. The molecule has 1 aromatic carbocycles. The number of hydrogen-bond acceptors (Lipinski definition) is 4. The van der Waals surface area contributed by atoms with Crippen LogP contribution >= 0.6 is 0 Å². The number of ether oxygens (including phenoxy) is 2. The maximum absolute atomic E-state index is 13.3. The quantitative estimate of drug-likeness (QED) is 0.523. The topological polar surface area (TPSA) is 52.8 Å². The fourth-order valence-electron chi connectivity index (χ4n) is 2.41. The molecule has 0 saturated carbocycles. The van der Waals surface area contributed by atoms with E-state index < -0.39 is 5.97 Å². The van der Waals surface area contributed by atoms with Crippen LogP contribution in [0.15, 0.2) is 48.7 Å². The summed E-state index contributed by atoms with van der Waals surface area (Å²) in [7, 11) is 0. The Morgan fingerprint density at radius 1 is 1.23 bits per heavy atom. The molecule has 5 nitrogen and oxygen atoms in total. The molecular weight excluding hydrogens is 335 g/mol. The molecule has 3 rings (SSSR count). The minimum absolute atomic E-state index is 0.119. The Morgan fingerprint density at radius 3 is 2.92 bits per heavy atom. The highest BCUT2D eigenvalue weighted by atomic mass is 19.1. The van der Waals surface area contributed by atoms with Crippen molar-refractivity contribution in [3.63, 3.8) is 0 Å². The number of carbonyl (C=O) groups is 1. The van der Waals surface area contributed by atoms with Crippen LogP contribution in [0.25, 0.3) is 5.65 Å². The average Bonchev–Trinajstić information content (AvgIpc) is 2.98. The van der Waals surface area contributed by atoms with Gasteiger partial charge in [0.2, 0.25) is 0 Å². The molecule has 3 aromatic rings. The zero-order valence-electron chi connectivity index (χ0n) is 14.2. The molecule has 0 amide bonds. The maximum atomic E-state index is 13.3. The molecule has 0 radical (unpaired) electrons. The SMILES string of the molecule is CCOC(=O)COCc1nc2ccccn2c1C#Cc1cccc(F)c1. The first-order chi connectivity index (χ1) is 12.7. The van der Waals surface area contributed by atoms with E-state index in [9.17, 15) is 9.18 Å². The second-order valence-electron chi connectivity index (χ2n) is 5.39. The van der Waals surface area contributed by atoms with Crippen molar-refractivity contribution in [1.29, 1.82) is 0 Å². The molecule has 0 N–H and O–H groups in total. The van der Waals surface area contributed by atoms with Crippen LogP contribution in [0.2, 0.25) is 0 Å². The van der Waals surface area contributed by atoms with Crippen LogP contribution in [-0.4, -0.2) is 28.6 Å². The second-order valence-corrected chi connectivity index (χ2v) is 5.39. The number of rotatable bonds is 5. The fourth-order valence-corrected chi connectivity index (χ4v) is 2.41. The normalized spacial score (nSPS) is 10.4. The Morgan fingerprint density at radius 2 is 2.12 bits per heavy atom. The molecule has 26 heavy (non-hydrogen) atoms. The first-order valence-electron chi connectivity index (χ1n) is 8.14. The van der Waals surface area contributed by atoms with E-state index in [2.05, 4.69) is 16.8 Å². The number of esters is 1. The predicted molar refractivity (Wildman–Crippen MR) is 93.9 cm³/mol. The van der Waals surface area contributed by atoms with Crippen molar-refractivity contribution < 1.29 is 18.7 Å². The summed E-state index contributed by atoms with van der Waals surface area (Å²) in [6.45, 7) is 2.01. The molecule has 6 heteroatoms. The lowest BCUT2D eigenvalue weighted by atomic mass is 10.2. The van der Waals surface area contributed by atoms with Crippen LogP contribution in [0.1, 0.15) is 23.9 Å². The van der Waals surface area contributed by atoms with E-state index in [1.807, 2.05) is 28.8 Å². The number of fused-ring (bicyclic) bond motifs is 1. The molecule has 0 saturated heterocycles. The maximum Gasteiger partial charge on any atom is 0.332 e. The highest BCUT2D eigenvalue weighted by molar-refractivity contribution is 5.70. The third kappa shape index (κ3) is 4.26. The Balaban J connectivity index is 1.87. The molecule has 0 aliphatic carbocycles. The summed E-state index contributed by atoms with van der Waals surface area (Å²) in [4.78, 5) is 15.9. The number of imidazole rings is 1. The van der Waals surface area contributed by atoms with E-state index in [0.29, 0.717) is 29.2 Å². The van der Waals surface area contributed by atoms with E-state index in [-0.39, 0.29) is 19.0 Å². The summed E-state index contributed by atoms with van der Waals surface area (Å²) in [5.41, 5.74) is 2.51. The van der Waals surface area contributed by atoms with Crippen molar-refractivity contribution in [3.8, 4) is 11.8 Å². The Kier molecular flexibility index (Phi) is 5.62. The zero-order chi connectivity index (χ0) is 18.4. The summed E-state index contributed by atoms with van der Waals surface area (Å²) in [5, 5.41) is 0. The van der Waals surface area contributed by atoms with Crippen molar-refractivity contribution in [2.45, 2.75) is 13.5 Å². The number of nitrogens with zero attached hydrogens (tertiary/aromatic N) is 2. The summed E-state index contributed by atoms with van der Waals surface area (Å²) in [6.07, 6.45) is 1.84. The van der Waals surface area contributed by atoms with E-state index in [0.717, 1.165) is 0 Å².